The zero-order chi connectivity index (χ0) is 15.4. The fraction of sp³-hybridized carbons (Fsp3) is 0.462. The number of hydrogen-bond acceptors (Lipinski definition) is 5. The van der Waals surface area contributed by atoms with Crippen LogP contribution >= 0.6 is 23.4 Å². The monoisotopic (exact) mass is 328 g/mol. The van der Waals surface area contributed by atoms with Crippen molar-refractivity contribution in [1.29, 1.82) is 0 Å². The van der Waals surface area contributed by atoms with E-state index in [0.29, 0.717) is 15.7 Å². The highest BCUT2D eigenvalue weighted by atomic mass is 35.5. The molecule has 21 heavy (non-hydrogen) atoms. The Balaban J connectivity index is 2.27. The molecule has 1 N–H and O–H groups in total. The molecular weight excluding hydrogens is 312 g/mol. The molecule has 0 radical (unpaired) electrons. The van der Waals surface area contributed by atoms with Gasteiger partial charge in [0, 0.05) is 12.7 Å². The van der Waals surface area contributed by atoms with E-state index in [0.717, 1.165) is 25.2 Å². The molecule has 0 aromatic carbocycles. The van der Waals surface area contributed by atoms with E-state index < -0.39 is 5.97 Å². The first-order chi connectivity index (χ1) is 9.97. The van der Waals surface area contributed by atoms with Crippen molar-refractivity contribution in [3.8, 4) is 0 Å². The third kappa shape index (κ3) is 4.33. The number of rotatable bonds is 7. The second-order valence-corrected chi connectivity index (χ2v) is 6.26. The summed E-state index contributed by atoms with van der Waals surface area (Å²) in [5.74, 6) is -0.886. The molecule has 0 aliphatic rings. The molecular formula is C13H17ClN4O2S. The van der Waals surface area contributed by atoms with E-state index in [1.165, 1.54) is 11.8 Å². The summed E-state index contributed by atoms with van der Waals surface area (Å²) in [5.41, 5.74) is 1.44. The topological polar surface area (TPSA) is 71.2 Å². The van der Waals surface area contributed by atoms with Gasteiger partial charge in [-0.2, -0.15) is 0 Å². The number of aryl methyl sites for hydroxylation is 1. The minimum atomic E-state index is -0.863. The number of pyridine rings is 1. The van der Waals surface area contributed by atoms with Crippen LogP contribution < -0.4 is 0 Å². The smallest absolute Gasteiger partial charge is 0.313 e. The van der Waals surface area contributed by atoms with E-state index in [-0.39, 0.29) is 5.75 Å². The van der Waals surface area contributed by atoms with Gasteiger partial charge in [-0.3, -0.25) is 4.79 Å². The van der Waals surface area contributed by atoms with Crippen molar-refractivity contribution >= 4 is 40.5 Å². The molecule has 0 aliphatic heterocycles. The minimum Gasteiger partial charge on any atom is -0.481 e. The lowest BCUT2D eigenvalue weighted by Gasteiger charge is -2.11. The van der Waals surface area contributed by atoms with E-state index in [1.54, 1.807) is 12.3 Å². The molecule has 2 rings (SSSR count). The lowest BCUT2D eigenvalue weighted by molar-refractivity contribution is -0.133. The summed E-state index contributed by atoms with van der Waals surface area (Å²) in [4.78, 5) is 21.6. The number of carbonyl (C=O) groups is 1. The SMILES string of the molecule is CN(C)CCCn1c(SCC(=O)O)nc2cc(Cl)cnc21. The number of fused-ring (bicyclic) bond motifs is 1. The maximum atomic E-state index is 10.8. The third-order valence-electron chi connectivity index (χ3n) is 2.83. The number of aliphatic carboxylic acids is 1. The molecule has 0 fully saturated rings. The van der Waals surface area contributed by atoms with Crippen molar-refractivity contribution in [2.24, 2.45) is 0 Å². The molecule has 2 heterocycles. The van der Waals surface area contributed by atoms with E-state index in [4.69, 9.17) is 16.7 Å². The van der Waals surface area contributed by atoms with Crippen LogP contribution in [-0.4, -0.2) is 56.9 Å². The standard InChI is InChI=1S/C13H17ClN4O2S/c1-17(2)4-3-5-18-12-10(6-9(14)7-15-12)16-13(18)21-8-11(19)20/h6-7H,3-5,8H2,1-2H3,(H,19,20). The molecule has 0 atom stereocenters. The largest absolute Gasteiger partial charge is 0.481 e. The lowest BCUT2D eigenvalue weighted by atomic mass is 10.4. The maximum absolute atomic E-state index is 10.8. The van der Waals surface area contributed by atoms with Crippen molar-refractivity contribution in [2.75, 3.05) is 26.4 Å². The van der Waals surface area contributed by atoms with Gasteiger partial charge < -0.3 is 14.6 Å². The van der Waals surface area contributed by atoms with Gasteiger partial charge >= 0.3 is 5.97 Å². The Kier molecular flexibility index (Phi) is 5.44. The Morgan fingerprint density at radius 2 is 2.29 bits per heavy atom. The summed E-state index contributed by atoms with van der Waals surface area (Å²) in [6.07, 6.45) is 2.52. The van der Waals surface area contributed by atoms with Gasteiger partial charge in [-0.25, -0.2) is 9.97 Å². The Hall–Kier alpha value is -1.31. The molecule has 8 heteroatoms. The van der Waals surface area contributed by atoms with Crippen molar-refractivity contribution in [1.82, 2.24) is 19.4 Å². The number of carboxylic acids is 1. The first kappa shape index (κ1) is 16.1. The molecule has 0 saturated carbocycles. The van der Waals surface area contributed by atoms with Crippen LogP contribution in [0.5, 0.6) is 0 Å². The molecule has 114 valence electrons. The lowest BCUT2D eigenvalue weighted by Crippen LogP contribution is -2.15. The Morgan fingerprint density at radius 1 is 1.52 bits per heavy atom. The number of aromatic nitrogens is 3. The van der Waals surface area contributed by atoms with Gasteiger partial charge in [0.1, 0.15) is 5.52 Å². The summed E-state index contributed by atoms with van der Waals surface area (Å²) < 4.78 is 1.96. The highest BCUT2D eigenvalue weighted by molar-refractivity contribution is 7.99. The normalized spacial score (nSPS) is 11.4. The summed E-state index contributed by atoms with van der Waals surface area (Å²) in [6, 6.07) is 1.75. The number of halogens is 1. The van der Waals surface area contributed by atoms with Crippen molar-refractivity contribution in [3.05, 3.63) is 17.3 Å². The van der Waals surface area contributed by atoms with Crippen molar-refractivity contribution < 1.29 is 9.90 Å². The van der Waals surface area contributed by atoms with Gasteiger partial charge in [-0.05, 0) is 33.1 Å². The fourth-order valence-corrected chi connectivity index (χ4v) is 2.85. The van der Waals surface area contributed by atoms with E-state index in [1.807, 2.05) is 18.7 Å². The van der Waals surface area contributed by atoms with Crippen LogP contribution in [0.2, 0.25) is 5.02 Å². The van der Waals surface area contributed by atoms with Gasteiger partial charge in [0.25, 0.3) is 0 Å². The molecule has 0 amide bonds. The maximum Gasteiger partial charge on any atom is 0.313 e. The van der Waals surface area contributed by atoms with Gasteiger partial charge in [0.15, 0.2) is 10.8 Å². The first-order valence-corrected chi connectivity index (χ1v) is 7.85. The number of hydrogen-bond donors (Lipinski definition) is 1. The number of imidazole rings is 1. The van der Waals surface area contributed by atoms with Crippen LogP contribution in [0.1, 0.15) is 6.42 Å². The van der Waals surface area contributed by atoms with Crippen LogP contribution in [0.15, 0.2) is 17.4 Å². The first-order valence-electron chi connectivity index (χ1n) is 6.48. The molecule has 0 saturated heterocycles. The number of carboxylic acid groups (broad SMARTS) is 1. The second kappa shape index (κ2) is 7.11. The predicted octanol–water partition coefficient (Wildman–Crippen LogP) is 2.21. The highest BCUT2D eigenvalue weighted by Crippen LogP contribution is 2.24. The van der Waals surface area contributed by atoms with Crippen LogP contribution in [0.3, 0.4) is 0 Å². The number of nitrogens with zero attached hydrogens (tertiary/aromatic N) is 4. The molecule has 2 aromatic rings. The predicted molar refractivity (Wildman–Crippen MR) is 84.1 cm³/mol. The van der Waals surface area contributed by atoms with Crippen LogP contribution in [0.4, 0.5) is 0 Å². The van der Waals surface area contributed by atoms with Gasteiger partial charge in [0.05, 0.1) is 10.8 Å². The Bertz CT molecular complexity index is 644. The molecule has 2 aromatic heterocycles. The Morgan fingerprint density at radius 3 is 2.95 bits per heavy atom. The average molecular weight is 329 g/mol. The highest BCUT2D eigenvalue weighted by Gasteiger charge is 2.14. The zero-order valence-electron chi connectivity index (χ0n) is 11.9. The van der Waals surface area contributed by atoms with E-state index in [2.05, 4.69) is 14.9 Å². The van der Waals surface area contributed by atoms with Crippen molar-refractivity contribution in [2.45, 2.75) is 18.1 Å². The fourth-order valence-electron chi connectivity index (χ4n) is 1.95. The number of thioether (sulfide) groups is 1. The van der Waals surface area contributed by atoms with E-state index in [9.17, 15) is 4.79 Å². The van der Waals surface area contributed by atoms with Crippen LogP contribution in [-0.2, 0) is 11.3 Å². The third-order valence-corrected chi connectivity index (χ3v) is 4.00. The summed E-state index contributed by atoms with van der Waals surface area (Å²) >= 11 is 7.14. The van der Waals surface area contributed by atoms with Gasteiger partial charge in [-0.1, -0.05) is 23.4 Å². The molecule has 0 unspecified atom stereocenters. The van der Waals surface area contributed by atoms with Crippen molar-refractivity contribution in [3.63, 3.8) is 0 Å². The average Bonchev–Trinajstić information content (AvgIpc) is 2.73. The molecule has 0 spiro atoms. The van der Waals surface area contributed by atoms with E-state index >= 15 is 0 Å². The molecule has 0 bridgehead atoms. The summed E-state index contributed by atoms with van der Waals surface area (Å²) in [5, 5.41) is 10.0. The quantitative estimate of drug-likeness (QED) is 0.786. The van der Waals surface area contributed by atoms with Gasteiger partial charge in [0.2, 0.25) is 0 Å². The van der Waals surface area contributed by atoms with Crippen LogP contribution in [0.25, 0.3) is 11.2 Å². The summed E-state index contributed by atoms with van der Waals surface area (Å²) in [6.45, 7) is 1.68. The summed E-state index contributed by atoms with van der Waals surface area (Å²) in [7, 11) is 4.04. The molecule has 6 nitrogen and oxygen atoms in total. The minimum absolute atomic E-state index is 0.0231. The van der Waals surface area contributed by atoms with Gasteiger partial charge in [-0.15, -0.1) is 0 Å². The van der Waals surface area contributed by atoms with Crippen LogP contribution in [0, 0.1) is 0 Å². The zero-order valence-corrected chi connectivity index (χ0v) is 13.5. The Labute approximate surface area is 132 Å². The second-order valence-electron chi connectivity index (χ2n) is 4.88. The molecule has 0 aliphatic carbocycles.